The maximum Gasteiger partial charge on any atom is 0.490 e. The van der Waals surface area contributed by atoms with E-state index >= 15 is 0 Å². The van der Waals surface area contributed by atoms with Crippen molar-refractivity contribution in [2.45, 2.75) is 52.4 Å². The second kappa shape index (κ2) is 14.7. The average molecular weight is 609 g/mol. The monoisotopic (exact) mass is 608 g/mol. The number of carbonyl (C=O) groups excluding carboxylic acids is 2. The Balaban J connectivity index is 0.000000646. The Kier molecular flexibility index (Phi) is 11.3. The van der Waals surface area contributed by atoms with Crippen molar-refractivity contribution in [2.24, 2.45) is 0 Å². The quantitative estimate of drug-likeness (QED) is 0.387. The van der Waals surface area contributed by atoms with Crippen LogP contribution in [0.15, 0.2) is 41.1 Å². The number of ether oxygens (including phenoxy) is 1. The van der Waals surface area contributed by atoms with E-state index in [2.05, 4.69) is 27.5 Å². The van der Waals surface area contributed by atoms with E-state index in [-0.39, 0.29) is 11.8 Å². The van der Waals surface area contributed by atoms with Gasteiger partial charge >= 0.3 is 12.1 Å². The highest BCUT2D eigenvalue weighted by Crippen LogP contribution is 2.26. The van der Waals surface area contributed by atoms with Crippen LogP contribution in [0.25, 0.3) is 0 Å². The van der Waals surface area contributed by atoms with Crippen LogP contribution >= 0.6 is 0 Å². The molecule has 1 aliphatic heterocycles. The zero-order valence-corrected chi connectivity index (χ0v) is 24.3. The molecule has 2 amide bonds. The van der Waals surface area contributed by atoms with Gasteiger partial charge in [0.2, 0.25) is 5.91 Å². The van der Waals surface area contributed by atoms with E-state index in [0.29, 0.717) is 43.3 Å². The number of aromatic nitrogens is 3. The van der Waals surface area contributed by atoms with Gasteiger partial charge in [-0.1, -0.05) is 12.1 Å². The van der Waals surface area contributed by atoms with E-state index in [1.54, 1.807) is 29.0 Å². The Morgan fingerprint density at radius 3 is 2.44 bits per heavy atom. The summed E-state index contributed by atoms with van der Waals surface area (Å²) < 4.78 is 44.2. The van der Waals surface area contributed by atoms with Crippen molar-refractivity contribution in [1.82, 2.24) is 24.8 Å². The molecular formula is C28H35F3N6O6. The number of amides is 2. The third-order valence-electron chi connectivity index (χ3n) is 6.60. The van der Waals surface area contributed by atoms with Crippen molar-refractivity contribution in [2.75, 3.05) is 38.6 Å². The molecule has 0 radical (unpaired) electrons. The molecule has 1 atom stereocenters. The molecule has 1 aromatic carbocycles. The highest BCUT2D eigenvalue weighted by atomic mass is 19.4. The van der Waals surface area contributed by atoms with Crippen molar-refractivity contribution in [3.63, 3.8) is 0 Å². The summed E-state index contributed by atoms with van der Waals surface area (Å²) in [6.45, 7) is 8.84. The van der Waals surface area contributed by atoms with Crippen LogP contribution in [-0.2, 0) is 16.1 Å². The summed E-state index contributed by atoms with van der Waals surface area (Å²) in [5.74, 6) is -2.00. The number of carboxylic acids is 1. The van der Waals surface area contributed by atoms with Gasteiger partial charge < -0.3 is 24.5 Å². The summed E-state index contributed by atoms with van der Waals surface area (Å²) in [6.07, 6.45) is -0.0236. The molecule has 1 saturated heterocycles. The number of nitrogens with one attached hydrogen (secondary N) is 1. The third-order valence-corrected chi connectivity index (χ3v) is 6.60. The third kappa shape index (κ3) is 9.04. The Labute approximate surface area is 246 Å². The summed E-state index contributed by atoms with van der Waals surface area (Å²) >= 11 is 0. The lowest BCUT2D eigenvalue weighted by atomic mass is 10.1. The largest absolute Gasteiger partial charge is 0.497 e. The van der Waals surface area contributed by atoms with Crippen LogP contribution < -0.4 is 10.1 Å². The highest BCUT2D eigenvalue weighted by molar-refractivity contribution is 5.96. The number of nitrogens with zero attached hydrogens (tertiary/aromatic N) is 5. The first-order valence-electron chi connectivity index (χ1n) is 13.6. The van der Waals surface area contributed by atoms with Gasteiger partial charge in [0.15, 0.2) is 5.76 Å². The molecule has 12 nitrogen and oxygen atoms in total. The number of anilines is 1. The molecule has 0 saturated carbocycles. The van der Waals surface area contributed by atoms with Gasteiger partial charge in [0, 0.05) is 38.4 Å². The van der Waals surface area contributed by atoms with Crippen molar-refractivity contribution in [1.29, 1.82) is 0 Å². The number of rotatable bonds is 8. The number of methoxy groups -OCH3 is 1. The van der Waals surface area contributed by atoms with Crippen molar-refractivity contribution >= 4 is 23.5 Å². The minimum absolute atomic E-state index is 0.131. The van der Waals surface area contributed by atoms with Crippen LogP contribution in [-0.4, -0.2) is 87.1 Å². The van der Waals surface area contributed by atoms with Crippen LogP contribution in [0, 0.1) is 13.8 Å². The van der Waals surface area contributed by atoms with E-state index in [4.69, 9.17) is 19.1 Å². The van der Waals surface area contributed by atoms with Crippen molar-refractivity contribution in [3.8, 4) is 5.75 Å². The van der Waals surface area contributed by atoms with E-state index in [0.717, 1.165) is 36.3 Å². The van der Waals surface area contributed by atoms with E-state index in [1.165, 1.54) is 0 Å². The molecule has 0 spiro atoms. The van der Waals surface area contributed by atoms with Gasteiger partial charge in [0.1, 0.15) is 17.5 Å². The lowest BCUT2D eigenvalue weighted by Gasteiger charge is -2.28. The molecule has 43 heavy (non-hydrogen) atoms. The molecule has 1 aliphatic rings. The average Bonchev–Trinajstić information content (AvgIpc) is 3.52. The van der Waals surface area contributed by atoms with Gasteiger partial charge in [0.25, 0.3) is 5.91 Å². The first kappa shape index (κ1) is 33.1. The van der Waals surface area contributed by atoms with Gasteiger partial charge in [-0.15, -0.1) is 5.10 Å². The predicted molar refractivity (Wildman–Crippen MR) is 149 cm³/mol. The Morgan fingerprint density at radius 2 is 1.86 bits per heavy atom. The van der Waals surface area contributed by atoms with Crippen molar-refractivity contribution in [3.05, 3.63) is 59.3 Å². The molecule has 4 rings (SSSR count). The molecule has 3 heterocycles. The molecule has 3 aromatic rings. The van der Waals surface area contributed by atoms with Gasteiger partial charge in [-0.25, -0.2) is 4.79 Å². The number of furan rings is 1. The number of alkyl halides is 3. The first-order valence-corrected chi connectivity index (χ1v) is 13.6. The van der Waals surface area contributed by atoms with E-state index < -0.39 is 18.2 Å². The fraction of sp³-hybridized carbons (Fsp3) is 0.464. The molecule has 1 unspecified atom stereocenters. The molecule has 234 valence electrons. The normalized spacial score (nSPS) is 14.7. The first-order chi connectivity index (χ1) is 20.3. The maximum absolute atomic E-state index is 13.7. The summed E-state index contributed by atoms with van der Waals surface area (Å²) in [7, 11) is 1.61. The molecule has 2 N–H and O–H groups in total. The van der Waals surface area contributed by atoms with Crippen LogP contribution in [0.3, 0.4) is 0 Å². The Hall–Kier alpha value is -4.40. The molecule has 2 aromatic heterocycles. The SMILES string of the molecule is CCCn1cc(C(C(=O)Nc2ccc(OC)cc2C)N2CCCN(C(=O)c3cc(C)co3)CC2)nn1.O=C(O)C(F)(F)F. The lowest BCUT2D eigenvalue weighted by molar-refractivity contribution is -0.192. The van der Waals surface area contributed by atoms with Gasteiger partial charge in [-0.05, 0) is 62.1 Å². The number of hydrogen-bond donors (Lipinski definition) is 2. The van der Waals surface area contributed by atoms with E-state index in [1.807, 2.05) is 38.2 Å². The number of hydrogen-bond acceptors (Lipinski definition) is 8. The maximum atomic E-state index is 13.7. The highest BCUT2D eigenvalue weighted by Gasteiger charge is 2.38. The molecule has 15 heteroatoms. The molecule has 0 aliphatic carbocycles. The van der Waals surface area contributed by atoms with Crippen LogP contribution in [0.4, 0.5) is 18.9 Å². The predicted octanol–water partition coefficient (Wildman–Crippen LogP) is 4.07. The topological polar surface area (TPSA) is 143 Å². The second-order valence-corrected chi connectivity index (χ2v) is 9.95. The number of halogens is 3. The van der Waals surface area contributed by atoms with Crippen molar-refractivity contribution < 1.29 is 41.8 Å². The number of carboxylic acid groups (broad SMARTS) is 1. The van der Waals surface area contributed by atoms with Gasteiger partial charge in [-0.3, -0.25) is 19.2 Å². The zero-order chi connectivity index (χ0) is 31.7. The fourth-order valence-electron chi connectivity index (χ4n) is 4.47. The minimum Gasteiger partial charge on any atom is -0.497 e. The van der Waals surface area contributed by atoms with Crippen LogP contribution in [0.2, 0.25) is 0 Å². The molecular weight excluding hydrogens is 573 g/mol. The van der Waals surface area contributed by atoms with E-state index in [9.17, 15) is 22.8 Å². The standard InChI is InChI=1S/C26H34N6O4.C2HF3O2/c1-5-9-32-16-22(28-29-32)24(25(33)27-21-8-7-20(35-4)15-19(21)3)30-10-6-11-31(13-12-30)26(34)23-14-18(2)17-36-23;3-2(4,5)1(6)7/h7-8,14-17,24H,5-6,9-13H2,1-4H3,(H,27,33);(H,6,7). The van der Waals surface area contributed by atoms with Crippen LogP contribution in [0.1, 0.15) is 53.2 Å². The smallest absolute Gasteiger partial charge is 0.490 e. The minimum atomic E-state index is -5.08. The number of aryl methyl sites for hydroxylation is 3. The molecule has 0 bridgehead atoms. The Morgan fingerprint density at radius 1 is 1.14 bits per heavy atom. The lowest BCUT2D eigenvalue weighted by Crippen LogP contribution is -2.40. The summed E-state index contributed by atoms with van der Waals surface area (Å²) in [5.41, 5.74) is 3.12. The second-order valence-electron chi connectivity index (χ2n) is 9.95. The van der Waals surface area contributed by atoms with Gasteiger partial charge in [0.05, 0.1) is 19.6 Å². The van der Waals surface area contributed by atoms with Crippen LogP contribution in [0.5, 0.6) is 5.75 Å². The summed E-state index contributed by atoms with van der Waals surface area (Å²) in [4.78, 5) is 39.4. The number of benzene rings is 1. The molecule has 1 fully saturated rings. The summed E-state index contributed by atoms with van der Waals surface area (Å²) in [5, 5.41) is 18.8. The number of aliphatic carboxylic acids is 1. The van der Waals surface area contributed by atoms with Gasteiger partial charge in [-0.2, -0.15) is 13.2 Å². The summed E-state index contributed by atoms with van der Waals surface area (Å²) in [6, 6.07) is 6.66. The zero-order valence-electron chi connectivity index (χ0n) is 24.3. The Bertz CT molecular complexity index is 1410. The fourth-order valence-corrected chi connectivity index (χ4v) is 4.47. The number of carbonyl (C=O) groups is 3.